The van der Waals surface area contributed by atoms with Gasteiger partial charge in [0.15, 0.2) is 0 Å². The van der Waals surface area contributed by atoms with Gasteiger partial charge >= 0.3 is 0 Å². The highest BCUT2D eigenvalue weighted by molar-refractivity contribution is 5.06. The van der Waals surface area contributed by atoms with Crippen molar-refractivity contribution in [2.45, 2.75) is 33.2 Å². The van der Waals surface area contributed by atoms with Gasteiger partial charge in [-0.1, -0.05) is 19.9 Å². The maximum absolute atomic E-state index is 5.58. The molecule has 3 heteroatoms. The zero-order chi connectivity index (χ0) is 11.8. The summed E-state index contributed by atoms with van der Waals surface area (Å²) in [5.41, 5.74) is 1.36. The fraction of sp³-hybridized carbons (Fsp3) is 0.846. The van der Waals surface area contributed by atoms with E-state index in [1.165, 1.54) is 5.57 Å². The number of hydrogen-bond donors (Lipinski definition) is 1. The Morgan fingerprint density at radius 1 is 1.38 bits per heavy atom. The van der Waals surface area contributed by atoms with Crippen molar-refractivity contribution >= 4 is 0 Å². The SMILES string of the molecule is CC(C)COCC(C)NCC1=CCCOC1. The van der Waals surface area contributed by atoms with Crippen LogP contribution in [0.1, 0.15) is 27.2 Å². The molecule has 1 atom stereocenters. The lowest BCUT2D eigenvalue weighted by Gasteiger charge is -2.18. The Morgan fingerprint density at radius 3 is 2.81 bits per heavy atom. The minimum absolute atomic E-state index is 0.404. The minimum Gasteiger partial charge on any atom is -0.380 e. The summed E-state index contributed by atoms with van der Waals surface area (Å²) in [6.45, 7) is 10.7. The molecule has 0 radical (unpaired) electrons. The maximum Gasteiger partial charge on any atom is 0.0689 e. The monoisotopic (exact) mass is 227 g/mol. The molecule has 16 heavy (non-hydrogen) atoms. The Bertz CT molecular complexity index is 214. The lowest BCUT2D eigenvalue weighted by atomic mass is 10.2. The molecule has 1 heterocycles. The van der Waals surface area contributed by atoms with Gasteiger partial charge in [-0.25, -0.2) is 0 Å². The summed E-state index contributed by atoms with van der Waals surface area (Å²) in [7, 11) is 0. The quantitative estimate of drug-likeness (QED) is 0.675. The van der Waals surface area contributed by atoms with E-state index in [4.69, 9.17) is 9.47 Å². The van der Waals surface area contributed by atoms with E-state index in [9.17, 15) is 0 Å². The molecule has 1 rings (SSSR count). The van der Waals surface area contributed by atoms with Crippen LogP contribution in [0.4, 0.5) is 0 Å². The summed E-state index contributed by atoms with van der Waals surface area (Å²) >= 11 is 0. The van der Waals surface area contributed by atoms with Crippen LogP contribution in [-0.4, -0.2) is 39.0 Å². The molecule has 0 fully saturated rings. The molecule has 0 aromatic heterocycles. The molecule has 1 aliphatic rings. The van der Waals surface area contributed by atoms with Gasteiger partial charge in [-0.05, 0) is 24.8 Å². The van der Waals surface area contributed by atoms with Crippen molar-refractivity contribution in [2.24, 2.45) is 5.92 Å². The first kappa shape index (κ1) is 13.7. The van der Waals surface area contributed by atoms with Gasteiger partial charge in [0.25, 0.3) is 0 Å². The van der Waals surface area contributed by atoms with E-state index in [0.717, 1.165) is 39.4 Å². The number of ether oxygens (including phenoxy) is 2. The molecule has 0 saturated heterocycles. The lowest BCUT2D eigenvalue weighted by Crippen LogP contribution is -2.33. The van der Waals surface area contributed by atoms with Gasteiger partial charge in [0, 0.05) is 19.2 Å². The Morgan fingerprint density at radius 2 is 2.19 bits per heavy atom. The molecule has 0 saturated carbocycles. The fourth-order valence-corrected chi connectivity index (χ4v) is 1.58. The third-order valence-corrected chi connectivity index (χ3v) is 2.48. The van der Waals surface area contributed by atoms with E-state index in [-0.39, 0.29) is 0 Å². The minimum atomic E-state index is 0.404. The summed E-state index contributed by atoms with van der Waals surface area (Å²) in [5.74, 6) is 0.613. The Hall–Kier alpha value is -0.380. The molecule has 1 aliphatic heterocycles. The molecule has 3 nitrogen and oxygen atoms in total. The van der Waals surface area contributed by atoms with Crippen LogP contribution in [0.25, 0.3) is 0 Å². The Labute approximate surface area is 99.2 Å². The average molecular weight is 227 g/mol. The standard InChI is InChI=1S/C13H25NO2/c1-11(2)8-16-9-12(3)14-7-13-5-4-6-15-10-13/h5,11-12,14H,4,6-10H2,1-3H3. The van der Waals surface area contributed by atoms with Crippen molar-refractivity contribution in [1.29, 1.82) is 0 Å². The molecule has 1 N–H and O–H groups in total. The van der Waals surface area contributed by atoms with E-state index in [0.29, 0.717) is 12.0 Å². The number of rotatable bonds is 7. The lowest BCUT2D eigenvalue weighted by molar-refractivity contribution is 0.0937. The summed E-state index contributed by atoms with van der Waals surface area (Å²) in [5, 5.41) is 3.45. The molecule has 0 aliphatic carbocycles. The first-order chi connectivity index (χ1) is 7.68. The number of nitrogens with one attached hydrogen (secondary N) is 1. The third kappa shape index (κ3) is 6.26. The molecule has 0 bridgehead atoms. The summed E-state index contributed by atoms with van der Waals surface area (Å²) in [6, 6.07) is 0.404. The second-order valence-corrected chi connectivity index (χ2v) is 4.92. The van der Waals surface area contributed by atoms with Crippen molar-refractivity contribution in [2.75, 3.05) is 33.0 Å². The second kappa shape index (κ2) is 7.82. The maximum atomic E-state index is 5.58. The second-order valence-electron chi connectivity index (χ2n) is 4.92. The van der Waals surface area contributed by atoms with Crippen molar-refractivity contribution in [3.63, 3.8) is 0 Å². The van der Waals surface area contributed by atoms with Crippen LogP contribution in [0.5, 0.6) is 0 Å². The van der Waals surface area contributed by atoms with Gasteiger partial charge in [-0.2, -0.15) is 0 Å². The van der Waals surface area contributed by atoms with Gasteiger partial charge in [-0.3, -0.25) is 0 Å². The van der Waals surface area contributed by atoms with Crippen LogP contribution >= 0.6 is 0 Å². The largest absolute Gasteiger partial charge is 0.380 e. The van der Waals surface area contributed by atoms with E-state index in [1.807, 2.05) is 0 Å². The molecular weight excluding hydrogens is 202 g/mol. The highest BCUT2D eigenvalue weighted by Gasteiger charge is 2.06. The smallest absolute Gasteiger partial charge is 0.0689 e. The van der Waals surface area contributed by atoms with Crippen LogP contribution in [0.3, 0.4) is 0 Å². The van der Waals surface area contributed by atoms with Gasteiger partial charge < -0.3 is 14.8 Å². The third-order valence-electron chi connectivity index (χ3n) is 2.48. The molecule has 0 spiro atoms. The zero-order valence-corrected chi connectivity index (χ0v) is 10.8. The van der Waals surface area contributed by atoms with Crippen LogP contribution in [-0.2, 0) is 9.47 Å². The zero-order valence-electron chi connectivity index (χ0n) is 10.8. The molecule has 0 amide bonds. The van der Waals surface area contributed by atoms with Crippen LogP contribution in [0.15, 0.2) is 11.6 Å². The van der Waals surface area contributed by atoms with Crippen molar-refractivity contribution in [3.05, 3.63) is 11.6 Å². The van der Waals surface area contributed by atoms with Gasteiger partial charge in [0.2, 0.25) is 0 Å². The normalized spacial score (nSPS) is 18.6. The van der Waals surface area contributed by atoms with E-state index >= 15 is 0 Å². The predicted molar refractivity (Wildman–Crippen MR) is 66.6 cm³/mol. The molecule has 94 valence electrons. The van der Waals surface area contributed by atoms with E-state index in [2.05, 4.69) is 32.2 Å². The fourth-order valence-electron chi connectivity index (χ4n) is 1.58. The summed E-state index contributed by atoms with van der Waals surface area (Å²) < 4.78 is 11.0. The highest BCUT2D eigenvalue weighted by Crippen LogP contribution is 2.04. The van der Waals surface area contributed by atoms with Crippen LogP contribution < -0.4 is 5.32 Å². The molecule has 0 aromatic carbocycles. The molecule has 0 aromatic rings. The molecular formula is C13H25NO2. The van der Waals surface area contributed by atoms with Crippen molar-refractivity contribution in [1.82, 2.24) is 5.32 Å². The van der Waals surface area contributed by atoms with Crippen LogP contribution in [0, 0.1) is 5.92 Å². The molecule has 1 unspecified atom stereocenters. The average Bonchev–Trinajstić information content (AvgIpc) is 2.27. The highest BCUT2D eigenvalue weighted by atomic mass is 16.5. The van der Waals surface area contributed by atoms with Crippen molar-refractivity contribution < 1.29 is 9.47 Å². The summed E-state index contributed by atoms with van der Waals surface area (Å²) in [6.07, 6.45) is 3.33. The Kier molecular flexibility index (Phi) is 6.69. The topological polar surface area (TPSA) is 30.5 Å². The van der Waals surface area contributed by atoms with E-state index < -0.39 is 0 Å². The number of hydrogen-bond acceptors (Lipinski definition) is 3. The predicted octanol–water partition coefficient (Wildman–Crippen LogP) is 1.98. The Balaban J connectivity index is 2.05. The first-order valence-electron chi connectivity index (χ1n) is 6.25. The van der Waals surface area contributed by atoms with E-state index in [1.54, 1.807) is 0 Å². The first-order valence-corrected chi connectivity index (χ1v) is 6.25. The van der Waals surface area contributed by atoms with Gasteiger partial charge in [-0.15, -0.1) is 0 Å². The summed E-state index contributed by atoms with van der Waals surface area (Å²) in [4.78, 5) is 0. The van der Waals surface area contributed by atoms with Crippen LogP contribution in [0.2, 0.25) is 0 Å². The van der Waals surface area contributed by atoms with Gasteiger partial charge in [0.05, 0.1) is 19.8 Å². The van der Waals surface area contributed by atoms with Crippen molar-refractivity contribution in [3.8, 4) is 0 Å². The van der Waals surface area contributed by atoms with Gasteiger partial charge in [0.1, 0.15) is 0 Å².